The molecular weight excluding hydrogens is 282 g/mol. The van der Waals surface area contributed by atoms with Crippen molar-refractivity contribution in [2.24, 2.45) is 0 Å². The quantitative estimate of drug-likeness (QED) is 0.621. The van der Waals surface area contributed by atoms with Crippen LogP contribution in [0.5, 0.6) is 0 Å². The van der Waals surface area contributed by atoms with Crippen molar-refractivity contribution in [2.75, 3.05) is 25.1 Å². The maximum Gasteiger partial charge on any atom is 0.251 e. The molecule has 0 aliphatic carbocycles. The maximum absolute atomic E-state index is 11.8. The van der Waals surface area contributed by atoms with Gasteiger partial charge >= 0.3 is 0 Å². The molecule has 0 aliphatic rings. The largest absolute Gasteiger partial charge is 0.381 e. The summed E-state index contributed by atoms with van der Waals surface area (Å²) >= 11 is 3.29. The molecule has 0 unspecified atom stereocenters. The van der Waals surface area contributed by atoms with Crippen LogP contribution in [0.3, 0.4) is 0 Å². The van der Waals surface area contributed by atoms with E-state index in [2.05, 4.69) is 21.2 Å². The zero-order chi connectivity index (χ0) is 12.5. The third-order valence-corrected chi connectivity index (χ3v) is 2.69. The number of ether oxygens (including phenoxy) is 1. The average Bonchev–Trinajstić information content (AvgIpc) is 2.34. The summed E-state index contributed by atoms with van der Waals surface area (Å²) in [6.45, 7) is 3.98. The first-order valence-electron chi connectivity index (χ1n) is 5.73. The lowest BCUT2D eigenvalue weighted by Crippen LogP contribution is -2.26. The minimum Gasteiger partial charge on any atom is -0.381 e. The van der Waals surface area contributed by atoms with Gasteiger partial charge in [-0.3, -0.25) is 4.79 Å². The molecule has 94 valence electrons. The lowest BCUT2D eigenvalue weighted by Gasteiger charge is -2.07. The normalized spacial score (nSPS) is 10.2. The monoisotopic (exact) mass is 299 g/mol. The molecule has 0 heterocycles. The number of hydrogen-bond acceptors (Lipinski definition) is 2. The summed E-state index contributed by atoms with van der Waals surface area (Å²) in [5.41, 5.74) is 1.74. The number of nitrogens with one attached hydrogen (secondary N) is 1. The second kappa shape index (κ2) is 8.25. The highest BCUT2D eigenvalue weighted by atomic mass is 79.9. The molecule has 1 N–H and O–H groups in total. The minimum atomic E-state index is -0.0106. The molecule has 0 radical (unpaired) electrons. The summed E-state index contributed by atoms with van der Waals surface area (Å²) in [6, 6.07) is 7.58. The van der Waals surface area contributed by atoms with E-state index in [4.69, 9.17) is 4.74 Å². The average molecular weight is 300 g/mol. The van der Waals surface area contributed by atoms with E-state index in [1.165, 1.54) is 0 Å². The van der Waals surface area contributed by atoms with Gasteiger partial charge in [0.25, 0.3) is 5.91 Å². The number of alkyl halides is 1. The Bertz CT molecular complexity index is 355. The van der Waals surface area contributed by atoms with E-state index in [0.29, 0.717) is 19.8 Å². The van der Waals surface area contributed by atoms with Crippen molar-refractivity contribution in [2.45, 2.75) is 13.3 Å². The van der Waals surface area contributed by atoms with Gasteiger partial charge in [-0.05, 0) is 25.0 Å². The number of aryl methyl sites for hydroxylation is 1. The number of hydrogen-bond donors (Lipinski definition) is 1. The van der Waals surface area contributed by atoms with Crippen LogP contribution < -0.4 is 5.32 Å². The highest BCUT2D eigenvalue weighted by Crippen LogP contribution is 2.06. The van der Waals surface area contributed by atoms with Gasteiger partial charge in [-0.15, -0.1) is 0 Å². The molecular formula is C13H18BrNO2. The molecule has 0 spiro atoms. The fraction of sp³-hybridized carbons (Fsp3) is 0.462. The molecule has 1 aromatic carbocycles. The lowest BCUT2D eigenvalue weighted by atomic mass is 10.1. The van der Waals surface area contributed by atoms with Crippen molar-refractivity contribution in [3.05, 3.63) is 35.4 Å². The van der Waals surface area contributed by atoms with Crippen molar-refractivity contribution in [3.8, 4) is 0 Å². The van der Waals surface area contributed by atoms with E-state index in [1.807, 2.05) is 31.2 Å². The van der Waals surface area contributed by atoms with Crippen LogP contribution in [0.2, 0.25) is 0 Å². The van der Waals surface area contributed by atoms with Gasteiger partial charge in [0.05, 0.1) is 6.61 Å². The van der Waals surface area contributed by atoms with E-state index >= 15 is 0 Å². The standard InChI is InChI=1S/C13H18BrNO2/c1-11-5-2-3-6-12(11)13(16)15-8-4-9-17-10-7-14/h2-3,5-6H,4,7-10H2,1H3,(H,15,16). The van der Waals surface area contributed by atoms with Crippen LogP contribution in [0.15, 0.2) is 24.3 Å². The Balaban J connectivity index is 2.24. The zero-order valence-electron chi connectivity index (χ0n) is 10.0. The fourth-order valence-corrected chi connectivity index (χ4v) is 1.68. The Morgan fingerprint density at radius 1 is 1.35 bits per heavy atom. The number of amides is 1. The van der Waals surface area contributed by atoms with E-state index in [-0.39, 0.29) is 5.91 Å². The first-order valence-corrected chi connectivity index (χ1v) is 6.85. The van der Waals surface area contributed by atoms with Gasteiger partial charge in [-0.2, -0.15) is 0 Å². The molecule has 0 fully saturated rings. The predicted molar refractivity (Wildman–Crippen MR) is 72.7 cm³/mol. The zero-order valence-corrected chi connectivity index (χ0v) is 11.6. The second-order valence-electron chi connectivity index (χ2n) is 3.73. The Labute approximate surface area is 111 Å². The Morgan fingerprint density at radius 2 is 2.12 bits per heavy atom. The third kappa shape index (κ3) is 5.33. The summed E-state index contributed by atoms with van der Waals surface area (Å²) in [5, 5.41) is 3.74. The van der Waals surface area contributed by atoms with Gasteiger partial charge in [-0.25, -0.2) is 0 Å². The molecule has 0 saturated heterocycles. The molecule has 0 bridgehead atoms. The van der Waals surface area contributed by atoms with E-state index in [1.54, 1.807) is 0 Å². The van der Waals surface area contributed by atoms with Gasteiger partial charge in [0, 0.05) is 24.0 Å². The number of benzene rings is 1. The van der Waals surface area contributed by atoms with Gasteiger partial charge in [0.15, 0.2) is 0 Å². The van der Waals surface area contributed by atoms with Crippen molar-refractivity contribution in [1.82, 2.24) is 5.32 Å². The molecule has 0 saturated carbocycles. The second-order valence-corrected chi connectivity index (χ2v) is 4.52. The summed E-state index contributed by atoms with van der Waals surface area (Å²) < 4.78 is 5.30. The Morgan fingerprint density at radius 3 is 2.82 bits per heavy atom. The highest BCUT2D eigenvalue weighted by molar-refractivity contribution is 9.09. The van der Waals surface area contributed by atoms with Crippen molar-refractivity contribution < 1.29 is 9.53 Å². The predicted octanol–water partition coefficient (Wildman–Crippen LogP) is 2.53. The highest BCUT2D eigenvalue weighted by Gasteiger charge is 2.06. The van der Waals surface area contributed by atoms with Gasteiger partial charge in [0.1, 0.15) is 0 Å². The number of carbonyl (C=O) groups excluding carboxylic acids is 1. The summed E-state index contributed by atoms with van der Waals surface area (Å²) in [6.07, 6.45) is 0.838. The molecule has 17 heavy (non-hydrogen) atoms. The molecule has 1 aromatic rings. The Kier molecular flexibility index (Phi) is 6.89. The topological polar surface area (TPSA) is 38.3 Å². The van der Waals surface area contributed by atoms with Crippen LogP contribution in [0, 0.1) is 6.92 Å². The SMILES string of the molecule is Cc1ccccc1C(=O)NCCCOCCBr. The number of carbonyl (C=O) groups is 1. The van der Waals surface area contributed by atoms with E-state index in [9.17, 15) is 4.79 Å². The van der Waals surface area contributed by atoms with Crippen molar-refractivity contribution in [3.63, 3.8) is 0 Å². The van der Waals surface area contributed by atoms with Gasteiger partial charge < -0.3 is 10.1 Å². The molecule has 4 heteroatoms. The van der Waals surface area contributed by atoms with Gasteiger partial charge in [-0.1, -0.05) is 34.1 Å². The number of halogens is 1. The molecule has 1 amide bonds. The molecule has 0 aromatic heterocycles. The number of rotatable bonds is 7. The van der Waals surface area contributed by atoms with Crippen molar-refractivity contribution in [1.29, 1.82) is 0 Å². The fourth-order valence-electron chi connectivity index (χ4n) is 1.46. The molecule has 1 rings (SSSR count). The minimum absolute atomic E-state index is 0.0106. The first kappa shape index (κ1) is 14.2. The van der Waals surface area contributed by atoms with Crippen LogP contribution in [-0.2, 0) is 4.74 Å². The molecule has 0 aliphatic heterocycles. The van der Waals surface area contributed by atoms with Crippen molar-refractivity contribution >= 4 is 21.8 Å². The molecule has 3 nitrogen and oxygen atoms in total. The first-order chi connectivity index (χ1) is 8.25. The van der Waals surface area contributed by atoms with Crippen LogP contribution in [0.1, 0.15) is 22.3 Å². The third-order valence-electron chi connectivity index (χ3n) is 2.36. The maximum atomic E-state index is 11.8. The van der Waals surface area contributed by atoms with Crippen LogP contribution in [-0.4, -0.2) is 31.0 Å². The van der Waals surface area contributed by atoms with Crippen LogP contribution >= 0.6 is 15.9 Å². The smallest absolute Gasteiger partial charge is 0.251 e. The lowest BCUT2D eigenvalue weighted by molar-refractivity contribution is 0.0944. The van der Waals surface area contributed by atoms with Crippen LogP contribution in [0.25, 0.3) is 0 Å². The summed E-state index contributed by atoms with van der Waals surface area (Å²) in [5.74, 6) is -0.0106. The summed E-state index contributed by atoms with van der Waals surface area (Å²) in [7, 11) is 0. The van der Waals surface area contributed by atoms with E-state index < -0.39 is 0 Å². The molecule has 0 atom stereocenters. The summed E-state index contributed by atoms with van der Waals surface area (Å²) in [4.78, 5) is 11.8. The Hall–Kier alpha value is -0.870. The van der Waals surface area contributed by atoms with Crippen LogP contribution in [0.4, 0.5) is 0 Å². The van der Waals surface area contributed by atoms with E-state index in [0.717, 1.165) is 22.9 Å². The van der Waals surface area contributed by atoms with Gasteiger partial charge in [0.2, 0.25) is 0 Å².